The summed E-state index contributed by atoms with van der Waals surface area (Å²) in [5, 5.41) is 0. The number of amidine groups is 2. The van der Waals surface area contributed by atoms with Gasteiger partial charge >= 0.3 is 0 Å². The molecule has 0 aliphatic carbocycles. The number of nitrogens with two attached hydrogens (primary N) is 1. The van der Waals surface area contributed by atoms with E-state index in [2.05, 4.69) is 14.9 Å². The Morgan fingerprint density at radius 3 is 2.91 bits per heavy atom. The van der Waals surface area contributed by atoms with Gasteiger partial charge < -0.3 is 5.73 Å². The minimum atomic E-state index is 0.591. The lowest BCUT2D eigenvalue weighted by atomic mass is 10.3. The van der Waals surface area contributed by atoms with Gasteiger partial charge in [0.1, 0.15) is 5.84 Å². The summed E-state index contributed by atoms with van der Waals surface area (Å²) in [6.45, 7) is 3.54. The van der Waals surface area contributed by atoms with E-state index in [-0.39, 0.29) is 0 Å². The number of nitrogens with zero attached hydrogens (tertiary/aromatic N) is 3. The first-order valence-electron chi connectivity index (χ1n) is 3.71. The molecule has 0 fully saturated rings. The summed E-state index contributed by atoms with van der Waals surface area (Å²) in [6, 6.07) is 0. The van der Waals surface area contributed by atoms with Crippen molar-refractivity contribution in [2.75, 3.05) is 20.3 Å². The van der Waals surface area contributed by atoms with Crippen molar-refractivity contribution in [1.29, 1.82) is 0 Å². The first-order valence-corrected chi connectivity index (χ1v) is 3.71. The maximum Gasteiger partial charge on any atom is 0.128 e. The lowest BCUT2D eigenvalue weighted by Gasteiger charge is -2.18. The zero-order valence-corrected chi connectivity index (χ0v) is 7.04. The third-order valence-corrected chi connectivity index (χ3v) is 1.52. The molecular weight excluding hydrogens is 140 g/mol. The van der Waals surface area contributed by atoms with Crippen LogP contribution in [0.4, 0.5) is 0 Å². The van der Waals surface area contributed by atoms with E-state index >= 15 is 0 Å². The van der Waals surface area contributed by atoms with Crippen molar-refractivity contribution in [1.82, 2.24) is 4.90 Å². The minimum absolute atomic E-state index is 0.591. The Balaban J connectivity index is 2.55. The number of aliphatic imine (C=N–C) groups is 2. The first kappa shape index (κ1) is 8.20. The van der Waals surface area contributed by atoms with Crippen LogP contribution in [0.25, 0.3) is 0 Å². The van der Waals surface area contributed by atoms with E-state index < -0.39 is 0 Å². The Labute approximate surface area is 66.8 Å². The Morgan fingerprint density at radius 1 is 1.73 bits per heavy atom. The smallest absolute Gasteiger partial charge is 0.128 e. The lowest BCUT2D eigenvalue weighted by Crippen LogP contribution is -2.27. The van der Waals surface area contributed by atoms with Gasteiger partial charge in [0.25, 0.3) is 0 Å². The molecule has 0 spiro atoms. The molecule has 0 bridgehead atoms. The largest absolute Gasteiger partial charge is 0.387 e. The summed E-state index contributed by atoms with van der Waals surface area (Å²) >= 11 is 0. The summed E-state index contributed by atoms with van der Waals surface area (Å²) in [4.78, 5) is 10.5. The molecule has 0 aromatic carbocycles. The molecule has 0 radical (unpaired) electrons. The van der Waals surface area contributed by atoms with Crippen LogP contribution >= 0.6 is 0 Å². The Bertz CT molecular complexity index is 191. The van der Waals surface area contributed by atoms with Crippen LogP contribution in [-0.2, 0) is 0 Å². The SMILES string of the molecule is CC(N)=NC1=NCN(C)CC1. The summed E-state index contributed by atoms with van der Waals surface area (Å²) < 4.78 is 0. The minimum Gasteiger partial charge on any atom is -0.387 e. The monoisotopic (exact) mass is 154 g/mol. The fourth-order valence-corrected chi connectivity index (χ4v) is 0.938. The van der Waals surface area contributed by atoms with Gasteiger partial charge in [0.15, 0.2) is 0 Å². The van der Waals surface area contributed by atoms with Gasteiger partial charge in [-0.25, -0.2) is 4.99 Å². The van der Waals surface area contributed by atoms with Gasteiger partial charge in [-0.05, 0) is 14.0 Å². The van der Waals surface area contributed by atoms with Gasteiger partial charge in [-0.3, -0.25) is 9.89 Å². The summed E-state index contributed by atoms with van der Waals surface area (Å²) in [5.74, 6) is 1.47. The van der Waals surface area contributed by atoms with E-state index in [4.69, 9.17) is 5.73 Å². The van der Waals surface area contributed by atoms with E-state index in [1.54, 1.807) is 6.92 Å². The fraction of sp³-hybridized carbons (Fsp3) is 0.714. The number of hydrogen-bond donors (Lipinski definition) is 1. The second-order valence-electron chi connectivity index (χ2n) is 2.80. The van der Waals surface area contributed by atoms with E-state index in [9.17, 15) is 0 Å². The molecule has 4 nitrogen and oxygen atoms in total. The van der Waals surface area contributed by atoms with E-state index in [1.807, 2.05) is 7.05 Å². The molecule has 0 amide bonds. The van der Waals surface area contributed by atoms with Crippen LogP contribution in [-0.4, -0.2) is 36.8 Å². The molecule has 0 saturated heterocycles. The molecule has 0 saturated carbocycles. The van der Waals surface area contributed by atoms with Crippen LogP contribution < -0.4 is 5.73 Å². The molecular formula is C7H14N4. The lowest BCUT2D eigenvalue weighted by molar-refractivity contribution is 0.343. The highest BCUT2D eigenvalue weighted by atomic mass is 15.2. The maximum absolute atomic E-state index is 5.41. The second kappa shape index (κ2) is 3.48. The quantitative estimate of drug-likeness (QED) is 0.396. The molecule has 62 valence electrons. The van der Waals surface area contributed by atoms with Crippen LogP contribution in [0.3, 0.4) is 0 Å². The van der Waals surface area contributed by atoms with Crippen molar-refractivity contribution in [2.24, 2.45) is 15.7 Å². The highest BCUT2D eigenvalue weighted by Crippen LogP contribution is 2.00. The van der Waals surface area contributed by atoms with Crippen molar-refractivity contribution in [3.63, 3.8) is 0 Å². The van der Waals surface area contributed by atoms with Crippen molar-refractivity contribution >= 4 is 11.7 Å². The Kier molecular flexibility index (Phi) is 2.59. The van der Waals surface area contributed by atoms with Gasteiger partial charge in [-0.1, -0.05) is 0 Å². The van der Waals surface area contributed by atoms with Crippen LogP contribution in [0, 0.1) is 0 Å². The fourth-order valence-electron chi connectivity index (χ4n) is 0.938. The topological polar surface area (TPSA) is 54.0 Å². The normalized spacial score (nSPS) is 21.6. The number of hydrogen-bond acceptors (Lipinski definition) is 3. The van der Waals surface area contributed by atoms with Crippen LogP contribution in [0.1, 0.15) is 13.3 Å². The molecule has 1 heterocycles. The van der Waals surface area contributed by atoms with E-state index in [0.717, 1.165) is 25.5 Å². The average molecular weight is 154 g/mol. The zero-order valence-electron chi connectivity index (χ0n) is 7.04. The molecule has 1 aliphatic heterocycles. The van der Waals surface area contributed by atoms with Crippen LogP contribution in [0.2, 0.25) is 0 Å². The maximum atomic E-state index is 5.41. The molecule has 11 heavy (non-hydrogen) atoms. The summed E-state index contributed by atoms with van der Waals surface area (Å²) in [6.07, 6.45) is 0.908. The summed E-state index contributed by atoms with van der Waals surface area (Å²) in [5.41, 5.74) is 5.41. The number of rotatable bonds is 0. The molecule has 0 aromatic rings. The van der Waals surface area contributed by atoms with Gasteiger partial charge in [-0.2, -0.15) is 0 Å². The molecule has 0 aromatic heterocycles. The van der Waals surface area contributed by atoms with Crippen molar-refractivity contribution in [3.05, 3.63) is 0 Å². The van der Waals surface area contributed by atoms with Crippen LogP contribution in [0.15, 0.2) is 9.98 Å². The predicted molar refractivity (Wildman–Crippen MR) is 46.8 cm³/mol. The standard InChI is InChI=1S/C7H14N4/c1-6(8)10-7-3-4-11(2)5-9-7/h3-5H2,1-2H3,(H2,8,9,10). The Hall–Kier alpha value is -0.900. The van der Waals surface area contributed by atoms with Gasteiger partial charge in [-0.15, -0.1) is 0 Å². The van der Waals surface area contributed by atoms with Crippen LogP contribution in [0.5, 0.6) is 0 Å². The summed E-state index contributed by atoms with van der Waals surface area (Å²) in [7, 11) is 2.04. The highest BCUT2D eigenvalue weighted by molar-refractivity contribution is 5.95. The molecule has 4 heteroatoms. The van der Waals surface area contributed by atoms with Crippen molar-refractivity contribution < 1.29 is 0 Å². The van der Waals surface area contributed by atoms with Gasteiger partial charge in [0, 0.05) is 13.0 Å². The van der Waals surface area contributed by atoms with E-state index in [1.165, 1.54) is 0 Å². The average Bonchev–Trinajstić information content (AvgIpc) is 1.93. The first-order chi connectivity index (χ1) is 5.18. The van der Waals surface area contributed by atoms with E-state index in [0.29, 0.717) is 5.84 Å². The molecule has 2 N–H and O–H groups in total. The molecule has 1 rings (SSSR count). The van der Waals surface area contributed by atoms with Crippen molar-refractivity contribution in [2.45, 2.75) is 13.3 Å². The third-order valence-electron chi connectivity index (χ3n) is 1.52. The van der Waals surface area contributed by atoms with Gasteiger partial charge in [0.2, 0.25) is 0 Å². The highest BCUT2D eigenvalue weighted by Gasteiger charge is 2.07. The molecule has 0 atom stereocenters. The zero-order chi connectivity index (χ0) is 8.27. The molecule has 0 unspecified atom stereocenters. The van der Waals surface area contributed by atoms with Gasteiger partial charge in [0.05, 0.1) is 12.5 Å². The second-order valence-corrected chi connectivity index (χ2v) is 2.80. The van der Waals surface area contributed by atoms with Crippen molar-refractivity contribution in [3.8, 4) is 0 Å². The molecule has 1 aliphatic rings. The third kappa shape index (κ3) is 2.67. The Morgan fingerprint density at radius 2 is 2.45 bits per heavy atom. The predicted octanol–water partition coefficient (Wildman–Crippen LogP) is 0.0550.